The third-order valence-corrected chi connectivity index (χ3v) is 5.15. The first-order valence-corrected chi connectivity index (χ1v) is 9.24. The van der Waals surface area contributed by atoms with Gasteiger partial charge in [0.05, 0.1) is 23.6 Å². The van der Waals surface area contributed by atoms with Crippen molar-refractivity contribution in [1.82, 2.24) is 14.8 Å². The summed E-state index contributed by atoms with van der Waals surface area (Å²) in [4.78, 5) is 12.4. The number of carbonyl (C=O) groups is 1. The summed E-state index contributed by atoms with van der Waals surface area (Å²) in [6.45, 7) is 1.65. The van der Waals surface area contributed by atoms with Crippen LogP contribution >= 0.6 is 11.8 Å². The molecule has 28 heavy (non-hydrogen) atoms. The van der Waals surface area contributed by atoms with E-state index in [4.69, 9.17) is 4.74 Å². The Morgan fingerprint density at radius 3 is 2.71 bits per heavy atom. The molecule has 0 spiro atoms. The number of aromatic nitrogens is 3. The second-order valence-corrected chi connectivity index (χ2v) is 7.25. The molecule has 0 aliphatic rings. The highest BCUT2D eigenvalue weighted by molar-refractivity contribution is 8.00. The van der Waals surface area contributed by atoms with Gasteiger partial charge in [-0.1, -0.05) is 23.9 Å². The molecular formula is C19H18F2N4O2S. The number of rotatable bonds is 6. The lowest BCUT2D eigenvalue weighted by molar-refractivity contribution is -0.115. The third-order valence-electron chi connectivity index (χ3n) is 4.02. The normalized spacial score (nSPS) is 11.9. The summed E-state index contributed by atoms with van der Waals surface area (Å²) in [6, 6.07) is 10.3. The van der Waals surface area contributed by atoms with Crippen LogP contribution in [0.15, 0.2) is 47.6 Å². The second kappa shape index (κ2) is 8.39. The van der Waals surface area contributed by atoms with Crippen molar-refractivity contribution in [2.24, 2.45) is 7.05 Å². The quantitative estimate of drug-likeness (QED) is 0.632. The van der Waals surface area contributed by atoms with Gasteiger partial charge in [0.2, 0.25) is 5.91 Å². The molecule has 3 aromatic rings. The van der Waals surface area contributed by atoms with E-state index >= 15 is 0 Å². The summed E-state index contributed by atoms with van der Waals surface area (Å²) in [5.74, 6) is -0.571. The number of carbonyl (C=O) groups excluding carboxylic acids is 1. The molecular weight excluding hydrogens is 386 g/mol. The largest absolute Gasteiger partial charge is 0.496 e. The Kier molecular flexibility index (Phi) is 5.93. The fraction of sp³-hybridized carbons (Fsp3) is 0.211. The van der Waals surface area contributed by atoms with Crippen molar-refractivity contribution in [2.75, 3.05) is 12.4 Å². The number of anilines is 1. The minimum Gasteiger partial charge on any atom is -0.496 e. The van der Waals surface area contributed by atoms with Gasteiger partial charge in [0.25, 0.3) is 0 Å². The highest BCUT2D eigenvalue weighted by Crippen LogP contribution is 2.31. The van der Waals surface area contributed by atoms with Crippen molar-refractivity contribution in [3.63, 3.8) is 0 Å². The summed E-state index contributed by atoms with van der Waals surface area (Å²) < 4.78 is 34.1. The van der Waals surface area contributed by atoms with Crippen LogP contribution in [0.1, 0.15) is 6.92 Å². The molecule has 3 rings (SSSR count). The molecule has 6 nitrogen and oxygen atoms in total. The van der Waals surface area contributed by atoms with Gasteiger partial charge in [-0.05, 0) is 31.2 Å². The first-order chi connectivity index (χ1) is 13.4. The van der Waals surface area contributed by atoms with Gasteiger partial charge < -0.3 is 14.6 Å². The van der Waals surface area contributed by atoms with Crippen LogP contribution in [-0.4, -0.2) is 33.0 Å². The average Bonchev–Trinajstić information content (AvgIpc) is 3.04. The average molecular weight is 404 g/mol. The lowest BCUT2D eigenvalue weighted by Gasteiger charge is -2.12. The van der Waals surface area contributed by atoms with E-state index in [0.29, 0.717) is 16.7 Å². The van der Waals surface area contributed by atoms with Gasteiger partial charge in [-0.25, -0.2) is 8.78 Å². The Morgan fingerprint density at radius 1 is 1.21 bits per heavy atom. The molecule has 0 radical (unpaired) electrons. The number of nitrogens with one attached hydrogen (secondary N) is 1. The number of para-hydroxylation sites is 1. The molecule has 0 saturated carbocycles. The van der Waals surface area contributed by atoms with Crippen molar-refractivity contribution in [3.8, 4) is 17.1 Å². The smallest absolute Gasteiger partial charge is 0.237 e. The maximum absolute atomic E-state index is 13.7. The summed E-state index contributed by atoms with van der Waals surface area (Å²) in [7, 11) is 3.35. The van der Waals surface area contributed by atoms with E-state index in [9.17, 15) is 13.6 Å². The number of methoxy groups -OCH3 is 1. The van der Waals surface area contributed by atoms with Gasteiger partial charge in [0.1, 0.15) is 17.4 Å². The Labute approximate surface area is 164 Å². The van der Waals surface area contributed by atoms with Crippen LogP contribution in [0.25, 0.3) is 11.4 Å². The minimum atomic E-state index is -0.705. The molecule has 0 aliphatic heterocycles. The number of amides is 1. The fourth-order valence-corrected chi connectivity index (χ4v) is 3.34. The van der Waals surface area contributed by atoms with Crippen LogP contribution in [0.4, 0.5) is 14.5 Å². The van der Waals surface area contributed by atoms with Crippen molar-refractivity contribution in [3.05, 3.63) is 54.1 Å². The minimum absolute atomic E-state index is 0.204. The van der Waals surface area contributed by atoms with E-state index in [-0.39, 0.29) is 5.69 Å². The van der Waals surface area contributed by atoms with Crippen LogP contribution in [-0.2, 0) is 11.8 Å². The summed E-state index contributed by atoms with van der Waals surface area (Å²) in [5, 5.41) is 10.6. The standard InChI is InChI=1S/C19H18F2N4O2S/c1-11(18(26)22-15-10-12(20)8-9-14(15)21)28-19-24-23-17(25(19)2)13-6-4-5-7-16(13)27-3/h4-11H,1-3H3,(H,22,26)/t11-/m0/s1. The molecule has 0 aliphatic carbocycles. The van der Waals surface area contributed by atoms with Crippen LogP contribution in [0, 0.1) is 11.6 Å². The van der Waals surface area contributed by atoms with E-state index < -0.39 is 22.8 Å². The molecule has 1 N–H and O–H groups in total. The molecule has 146 valence electrons. The fourth-order valence-electron chi connectivity index (χ4n) is 2.52. The Hall–Kier alpha value is -2.94. The second-order valence-electron chi connectivity index (χ2n) is 5.94. The van der Waals surface area contributed by atoms with E-state index in [1.165, 1.54) is 0 Å². The lowest BCUT2D eigenvalue weighted by atomic mass is 10.2. The van der Waals surface area contributed by atoms with Gasteiger partial charge in [0.15, 0.2) is 11.0 Å². The van der Waals surface area contributed by atoms with E-state index in [1.54, 1.807) is 25.6 Å². The topological polar surface area (TPSA) is 69.0 Å². The molecule has 0 saturated heterocycles. The van der Waals surface area contributed by atoms with Crippen molar-refractivity contribution >= 4 is 23.4 Å². The number of hydrogen-bond acceptors (Lipinski definition) is 5. The molecule has 1 atom stereocenters. The maximum Gasteiger partial charge on any atom is 0.237 e. The van der Waals surface area contributed by atoms with Gasteiger partial charge >= 0.3 is 0 Å². The molecule has 2 aromatic carbocycles. The Balaban J connectivity index is 1.76. The zero-order valence-corrected chi connectivity index (χ0v) is 16.3. The van der Waals surface area contributed by atoms with Crippen molar-refractivity contribution in [2.45, 2.75) is 17.3 Å². The molecule has 1 amide bonds. The maximum atomic E-state index is 13.7. The van der Waals surface area contributed by atoms with Crippen LogP contribution in [0.2, 0.25) is 0 Å². The van der Waals surface area contributed by atoms with Crippen molar-refractivity contribution in [1.29, 1.82) is 0 Å². The third kappa shape index (κ3) is 4.14. The molecule has 0 bridgehead atoms. The van der Waals surface area contributed by atoms with E-state index in [0.717, 1.165) is 35.5 Å². The zero-order valence-electron chi connectivity index (χ0n) is 15.4. The monoisotopic (exact) mass is 404 g/mol. The van der Waals surface area contributed by atoms with E-state index in [1.807, 2.05) is 24.3 Å². The molecule has 1 aromatic heterocycles. The predicted molar refractivity (Wildman–Crippen MR) is 103 cm³/mol. The van der Waals surface area contributed by atoms with Gasteiger partial charge in [0, 0.05) is 13.1 Å². The summed E-state index contributed by atoms with van der Waals surface area (Å²) in [6.07, 6.45) is 0. The molecule has 1 heterocycles. The first-order valence-electron chi connectivity index (χ1n) is 8.36. The predicted octanol–water partition coefficient (Wildman–Crippen LogP) is 3.89. The van der Waals surface area contributed by atoms with Crippen LogP contribution in [0.3, 0.4) is 0 Å². The lowest BCUT2D eigenvalue weighted by Crippen LogP contribution is -2.23. The Bertz CT molecular complexity index is 1010. The first kappa shape index (κ1) is 19.8. The van der Waals surface area contributed by atoms with Crippen LogP contribution < -0.4 is 10.1 Å². The summed E-state index contributed by atoms with van der Waals surface area (Å²) in [5.41, 5.74) is 0.566. The van der Waals surface area contributed by atoms with Crippen LogP contribution in [0.5, 0.6) is 5.75 Å². The van der Waals surface area contributed by atoms with Crippen molar-refractivity contribution < 1.29 is 18.3 Å². The number of hydrogen-bond donors (Lipinski definition) is 1. The van der Waals surface area contributed by atoms with Gasteiger partial charge in [-0.3, -0.25) is 4.79 Å². The molecule has 9 heteroatoms. The molecule has 0 fully saturated rings. The Morgan fingerprint density at radius 2 is 1.96 bits per heavy atom. The highest BCUT2D eigenvalue weighted by Gasteiger charge is 2.21. The number of benzene rings is 2. The highest BCUT2D eigenvalue weighted by atomic mass is 32.2. The number of thioether (sulfide) groups is 1. The molecule has 0 unspecified atom stereocenters. The number of nitrogens with zero attached hydrogens (tertiary/aromatic N) is 3. The summed E-state index contributed by atoms with van der Waals surface area (Å²) >= 11 is 1.16. The SMILES string of the molecule is COc1ccccc1-c1nnc(S[C@@H](C)C(=O)Nc2cc(F)ccc2F)n1C. The van der Waals surface area contributed by atoms with E-state index in [2.05, 4.69) is 15.5 Å². The number of halogens is 2. The zero-order chi connectivity index (χ0) is 20.3. The van der Waals surface area contributed by atoms with Gasteiger partial charge in [-0.2, -0.15) is 0 Å². The van der Waals surface area contributed by atoms with Gasteiger partial charge in [-0.15, -0.1) is 10.2 Å². The number of ether oxygens (including phenoxy) is 1.